The maximum absolute atomic E-state index is 4.84. The zero-order valence-corrected chi connectivity index (χ0v) is 9.24. The molecule has 80 valence electrons. The van der Waals surface area contributed by atoms with Crippen molar-refractivity contribution >= 4 is 0 Å². The van der Waals surface area contributed by atoms with Gasteiger partial charge < -0.3 is 4.57 Å². The van der Waals surface area contributed by atoms with Crippen molar-refractivity contribution in [3.05, 3.63) is 41.3 Å². The summed E-state index contributed by atoms with van der Waals surface area (Å²) in [5, 5.41) is 0. The average Bonchev–Trinajstić information content (AvgIpc) is 2.88. The normalized spacial score (nSPS) is 16.8. The van der Waals surface area contributed by atoms with Gasteiger partial charge in [-0.3, -0.25) is 0 Å². The molecule has 0 unspecified atom stereocenters. The fraction of sp³-hybridized carbons (Fsp3) is 0.357. The molecule has 0 bridgehead atoms. The molecule has 16 heavy (non-hydrogen) atoms. The van der Waals surface area contributed by atoms with Crippen molar-refractivity contribution in [2.75, 3.05) is 0 Å². The number of aromatic nitrogens is 2. The third-order valence-corrected chi connectivity index (χ3v) is 3.84. The van der Waals surface area contributed by atoms with E-state index in [9.17, 15) is 0 Å². The van der Waals surface area contributed by atoms with Crippen LogP contribution >= 0.6 is 0 Å². The van der Waals surface area contributed by atoms with Crippen molar-refractivity contribution < 1.29 is 0 Å². The van der Waals surface area contributed by atoms with Crippen molar-refractivity contribution in [2.24, 2.45) is 0 Å². The second-order valence-corrected chi connectivity index (χ2v) is 4.74. The number of aryl methyl sites for hydroxylation is 2. The number of benzene rings is 1. The molecule has 0 saturated heterocycles. The van der Waals surface area contributed by atoms with Crippen molar-refractivity contribution in [3.8, 4) is 11.3 Å². The van der Waals surface area contributed by atoms with E-state index in [-0.39, 0.29) is 0 Å². The van der Waals surface area contributed by atoms with Gasteiger partial charge in [0.15, 0.2) is 0 Å². The van der Waals surface area contributed by atoms with Crippen molar-refractivity contribution in [1.29, 1.82) is 0 Å². The van der Waals surface area contributed by atoms with Crippen LogP contribution < -0.4 is 0 Å². The van der Waals surface area contributed by atoms with Crippen LogP contribution in [0.4, 0.5) is 0 Å². The summed E-state index contributed by atoms with van der Waals surface area (Å²) in [4.78, 5) is 4.84. The maximum atomic E-state index is 4.84. The Labute approximate surface area is 94.9 Å². The molecule has 1 aromatic heterocycles. The first-order valence-electron chi connectivity index (χ1n) is 6.10. The first kappa shape index (κ1) is 8.57. The van der Waals surface area contributed by atoms with Crippen molar-refractivity contribution in [2.45, 2.75) is 32.2 Å². The minimum Gasteiger partial charge on any atom is -0.331 e. The molecule has 1 aliphatic heterocycles. The molecule has 0 atom stereocenters. The Balaban J connectivity index is 1.99. The summed E-state index contributed by atoms with van der Waals surface area (Å²) in [7, 11) is 0. The molecule has 0 N–H and O–H groups in total. The first-order valence-corrected chi connectivity index (χ1v) is 6.10. The minimum atomic E-state index is 1.16. The van der Waals surface area contributed by atoms with Gasteiger partial charge in [0.25, 0.3) is 0 Å². The highest BCUT2D eigenvalue weighted by molar-refractivity contribution is 5.69. The van der Waals surface area contributed by atoms with E-state index in [1.165, 1.54) is 54.1 Å². The molecule has 0 fully saturated rings. The van der Waals surface area contributed by atoms with Crippen molar-refractivity contribution in [1.82, 2.24) is 9.55 Å². The van der Waals surface area contributed by atoms with Crippen LogP contribution in [0.5, 0.6) is 0 Å². The molecule has 0 radical (unpaired) electrons. The molecule has 0 spiro atoms. The lowest BCUT2D eigenvalue weighted by Gasteiger charge is -2.16. The fourth-order valence-corrected chi connectivity index (χ4v) is 3.08. The van der Waals surface area contributed by atoms with E-state index < -0.39 is 0 Å². The maximum Gasteiger partial charge on any atom is 0.109 e. The van der Waals surface area contributed by atoms with Crippen LogP contribution in [-0.4, -0.2) is 9.55 Å². The predicted molar refractivity (Wildman–Crippen MR) is 63.4 cm³/mol. The van der Waals surface area contributed by atoms with E-state index in [0.29, 0.717) is 0 Å². The van der Waals surface area contributed by atoms with Crippen LogP contribution in [0.15, 0.2) is 24.3 Å². The van der Waals surface area contributed by atoms with Gasteiger partial charge in [-0.2, -0.15) is 0 Å². The number of nitrogens with zero attached hydrogens (tertiary/aromatic N) is 2. The Hall–Kier alpha value is -1.57. The lowest BCUT2D eigenvalue weighted by molar-refractivity contribution is 0.697. The molecule has 1 aliphatic carbocycles. The topological polar surface area (TPSA) is 17.8 Å². The minimum absolute atomic E-state index is 1.16. The summed E-state index contributed by atoms with van der Waals surface area (Å²) in [5.74, 6) is 1.31. The lowest BCUT2D eigenvalue weighted by atomic mass is 9.92. The number of hydrogen-bond donors (Lipinski definition) is 0. The summed E-state index contributed by atoms with van der Waals surface area (Å²) in [6.45, 7) is 1.18. The van der Waals surface area contributed by atoms with Gasteiger partial charge in [0.1, 0.15) is 5.82 Å². The Bertz CT molecular complexity index is 566. The quantitative estimate of drug-likeness (QED) is 0.653. The molecular formula is C14H14N2. The highest BCUT2D eigenvalue weighted by atomic mass is 15.1. The van der Waals surface area contributed by atoms with E-state index in [1.807, 2.05) is 0 Å². The Morgan fingerprint density at radius 2 is 2.00 bits per heavy atom. The van der Waals surface area contributed by atoms with Gasteiger partial charge in [0.05, 0.1) is 5.69 Å². The van der Waals surface area contributed by atoms with Crippen LogP contribution in [0.2, 0.25) is 0 Å². The number of fused-ring (bicyclic) bond motifs is 5. The van der Waals surface area contributed by atoms with E-state index in [0.717, 1.165) is 6.42 Å². The molecule has 4 rings (SSSR count). The second-order valence-electron chi connectivity index (χ2n) is 4.74. The zero-order valence-electron chi connectivity index (χ0n) is 9.24. The third kappa shape index (κ3) is 0.993. The van der Waals surface area contributed by atoms with Gasteiger partial charge in [0, 0.05) is 24.2 Å². The summed E-state index contributed by atoms with van der Waals surface area (Å²) >= 11 is 0. The SMILES string of the molecule is c1ccc2c(c1)CCc1c-2nc2n1CCC2. The molecule has 2 aromatic rings. The molecule has 0 saturated carbocycles. The Morgan fingerprint density at radius 1 is 1.06 bits per heavy atom. The Kier molecular flexibility index (Phi) is 1.59. The van der Waals surface area contributed by atoms with Crippen LogP contribution in [0.25, 0.3) is 11.3 Å². The van der Waals surface area contributed by atoms with E-state index in [2.05, 4.69) is 28.8 Å². The largest absolute Gasteiger partial charge is 0.331 e. The summed E-state index contributed by atoms with van der Waals surface area (Å²) in [6, 6.07) is 8.71. The molecule has 1 aromatic carbocycles. The van der Waals surface area contributed by atoms with E-state index in [4.69, 9.17) is 4.98 Å². The zero-order chi connectivity index (χ0) is 10.5. The van der Waals surface area contributed by atoms with Crippen molar-refractivity contribution in [3.63, 3.8) is 0 Å². The third-order valence-electron chi connectivity index (χ3n) is 3.84. The highest BCUT2D eigenvalue weighted by Crippen LogP contribution is 2.35. The average molecular weight is 210 g/mol. The standard InChI is InChI=1S/C14H14N2/c1-2-5-11-10(4-1)7-8-12-14(11)15-13-6-3-9-16(12)13/h1-2,4-5H,3,6-9H2. The van der Waals surface area contributed by atoms with Gasteiger partial charge >= 0.3 is 0 Å². The molecular weight excluding hydrogens is 196 g/mol. The van der Waals surface area contributed by atoms with Crippen LogP contribution in [-0.2, 0) is 25.8 Å². The summed E-state index contributed by atoms with van der Waals surface area (Å²) in [6.07, 6.45) is 4.78. The highest BCUT2D eigenvalue weighted by Gasteiger charge is 2.25. The van der Waals surface area contributed by atoms with E-state index >= 15 is 0 Å². The summed E-state index contributed by atoms with van der Waals surface area (Å²) < 4.78 is 2.45. The first-order chi connectivity index (χ1) is 7.93. The fourth-order valence-electron chi connectivity index (χ4n) is 3.08. The Morgan fingerprint density at radius 3 is 3.00 bits per heavy atom. The van der Waals surface area contributed by atoms with E-state index in [1.54, 1.807) is 0 Å². The van der Waals surface area contributed by atoms with Crippen LogP contribution in [0.3, 0.4) is 0 Å². The van der Waals surface area contributed by atoms with Gasteiger partial charge in [-0.05, 0) is 24.8 Å². The smallest absolute Gasteiger partial charge is 0.109 e. The monoisotopic (exact) mass is 210 g/mol. The second kappa shape index (κ2) is 2.97. The molecule has 2 aliphatic rings. The van der Waals surface area contributed by atoms with Gasteiger partial charge in [-0.15, -0.1) is 0 Å². The molecule has 2 heterocycles. The number of imidazole rings is 1. The molecule has 2 nitrogen and oxygen atoms in total. The van der Waals surface area contributed by atoms with Gasteiger partial charge in [-0.1, -0.05) is 24.3 Å². The van der Waals surface area contributed by atoms with Crippen LogP contribution in [0, 0.1) is 0 Å². The summed E-state index contributed by atoms with van der Waals surface area (Å²) in [5.41, 5.74) is 5.57. The number of hydrogen-bond acceptors (Lipinski definition) is 1. The molecule has 0 amide bonds. The molecule has 2 heteroatoms. The van der Waals surface area contributed by atoms with Gasteiger partial charge in [-0.25, -0.2) is 4.98 Å². The van der Waals surface area contributed by atoms with Crippen LogP contribution in [0.1, 0.15) is 23.5 Å². The number of rotatable bonds is 0. The van der Waals surface area contributed by atoms with Gasteiger partial charge in [0.2, 0.25) is 0 Å². The lowest BCUT2D eigenvalue weighted by Crippen LogP contribution is -2.07. The predicted octanol–water partition coefficient (Wildman–Crippen LogP) is 2.59.